The molecule has 0 heterocycles. The van der Waals surface area contributed by atoms with Crippen LogP contribution in [0.25, 0.3) is 0 Å². The zero-order valence-corrected chi connectivity index (χ0v) is 46.2. The van der Waals surface area contributed by atoms with Crippen LogP contribution in [0.3, 0.4) is 0 Å². The Balaban J connectivity index is 4.39. The molecule has 0 aromatic heterocycles. The van der Waals surface area contributed by atoms with Gasteiger partial charge in [-0.05, 0) is 128 Å². The van der Waals surface area contributed by atoms with Gasteiger partial charge in [0.2, 0.25) is 0 Å². The van der Waals surface area contributed by atoms with Crippen LogP contribution in [0.4, 0.5) is 0 Å². The largest absolute Gasteiger partial charge is 0.462 e. The molecule has 71 heavy (non-hydrogen) atoms. The van der Waals surface area contributed by atoms with Crippen LogP contribution in [-0.2, 0) is 28.6 Å². The number of ether oxygens (including phenoxy) is 3. The third-order valence-electron chi connectivity index (χ3n) is 12.2. The van der Waals surface area contributed by atoms with Crippen molar-refractivity contribution < 1.29 is 28.6 Å². The quantitative estimate of drug-likeness (QED) is 0.0261. The van der Waals surface area contributed by atoms with E-state index in [4.69, 9.17) is 14.2 Å². The Morgan fingerprint density at radius 3 is 0.901 bits per heavy atom. The van der Waals surface area contributed by atoms with Crippen LogP contribution in [0.5, 0.6) is 0 Å². The van der Waals surface area contributed by atoms with Gasteiger partial charge in [0.15, 0.2) is 6.10 Å². The Morgan fingerprint density at radius 2 is 0.549 bits per heavy atom. The van der Waals surface area contributed by atoms with Gasteiger partial charge in [0, 0.05) is 19.3 Å². The van der Waals surface area contributed by atoms with E-state index in [-0.39, 0.29) is 31.1 Å². The molecule has 0 aliphatic carbocycles. The highest BCUT2D eigenvalue weighted by molar-refractivity contribution is 5.71. The maximum atomic E-state index is 12.8. The van der Waals surface area contributed by atoms with Crippen molar-refractivity contribution in [3.63, 3.8) is 0 Å². The van der Waals surface area contributed by atoms with E-state index in [2.05, 4.69) is 130 Å². The fourth-order valence-corrected chi connectivity index (χ4v) is 7.82. The lowest BCUT2D eigenvalue weighted by atomic mass is 10.1. The predicted molar refractivity (Wildman–Crippen MR) is 307 cm³/mol. The van der Waals surface area contributed by atoms with Crippen molar-refractivity contribution in [3.05, 3.63) is 109 Å². The number of unbranched alkanes of at least 4 members (excludes halogenated alkanes) is 23. The Morgan fingerprint density at radius 1 is 0.296 bits per heavy atom. The number of esters is 3. The van der Waals surface area contributed by atoms with E-state index in [1.54, 1.807) is 0 Å². The molecule has 6 nitrogen and oxygen atoms in total. The average Bonchev–Trinajstić information content (AvgIpc) is 3.37. The summed E-state index contributed by atoms with van der Waals surface area (Å²) in [6, 6.07) is 0. The summed E-state index contributed by atoms with van der Waals surface area (Å²) < 4.78 is 16.8. The number of hydrogen-bond donors (Lipinski definition) is 0. The molecule has 1 unspecified atom stereocenters. The summed E-state index contributed by atoms with van der Waals surface area (Å²) >= 11 is 0. The molecule has 0 aliphatic heterocycles. The summed E-state index contributed by atoms with van der Waals surface area (Å²) in [5.41, 5.74) is 0. The van der Waals surface area contributed by atoms with Crippen LogP contribution in [0.1, 0.15) is 265 Å². The van der Waals surface area contributed by atoms with E-state index in [0.717, 1.165) is 148 Å². The van der Waals surface area contributed by atoms with Gasteiger partial charge in [-0.1, -0.05) is 226 Å². The first kappa shape index (κ1) is 67.1. The van der Waals surface area contributed by atoms with Gasteiger partial charge < -0.3 is 14.2 Å². The van der Waals surface area contributed by atoms with E-state index >= 15 is 0 Å². The van der Waals surface area contributed by atoms with E-state index in [1.165, 1.54) is 77.0 Å². The molecular formula is C65H108O6. The van der Waals surface area contributed by atoms with Gasteiger partial charge in [-0.25, -0.2) is 0 Å². The van der Waals surface area contributed by atoms with Crippen molar-refractivity contribution in [2.75, 3.05) is 13.2 Å². The molecule has 0 spiro atoms. The molecule has 0 fully saturated rings. The molecule has 0 radical (unpaired) electrons. The van der Waals surface area contributed by atoms with Crippen molar-refractivity contribution in [2.45, 2.75) is 271 Å². The van der Waals surface area contributed by atoms with Crippen LogP contribution in [0.2, 0.25) is 0 Å². The van der Waals surface area contributed by atoms with Gasteiger partial charge in [0.25, 0.3) is 0 Å². The maximum absolute atomic E-state index is 12.8. The Labute approximate surface area is 438 Å². The van der Waals surface area contributed by atoms with E-state index in [0.29, 0.717) is 19.3 Å². The minimum absolute atomic E-state index is 0.0940. The lowest BCUT2D eigenvalue weighted by molar-refractivity contribution is -0.167. The van der Waals surface area contributed by atoms with Crippen molar-refractivity contribution >= 4 is 17.9 Å². The molecule has 1 atom stereocenters. The Bertz CT molecular complexity index is 1460. The molecule has 0 amide bonds. The molecule has 0 aromatic rings. The summed E-state index contributed by atoms with van der Waals surface area (Å²) in [5, 5.41) is 0. The van der Waals surface area contributed by atoms with Gasteiger partial charge in [0.1, 0.15) is 13.2 Å². The number of rotatable bonds is 52. The van der Waals surface area contributed by atoms with Gasteiger partial charge in [-0.3, -0.25) is 14.4 Å². The number of hydrogen-bond acceptors (Lipinski definition) is 6. The second-order valence-electron chi connectivity index (χ2n) is 19.2. The first-order valence-electron chi connectivity index (χ1n) is 29.4. The molecule has 0 aromatic carbocycles. The molecule has 0 saturated carbocycles. The Hall–Kier alpha value is -3.93. The van der Waals surface area contributed by atoms with Crippen molar-refractivity contribution in [2.24, 2.45) is 0 Å². The van der Waals surface area contributed by atoms with Crippen molar-refractivity contribution in [1.82, 2.24) is 0 Å². The second-order valence-corrected chi connectivity index (χ2v) is 19.2. The smallest absolute Gasteiger partial charge is 0.306 e. The fraction of sp³-hybridized carbons (Fsp3) is 0.677. The summed E-state index contributed by atoms with van der Waals surface area (Å²) in [6.07, 6.45) is 79.3. The van der Waals surface area contributed by atoms with Crippen LogP contribution in [0.15, 0.2) is 109 Å². The highest BCUT2D eigenvalue weighted by Crippen LogP contribution is 2.14. The molecule has 0 bridgehead atoms. The Kier molecular flexibility index (Phi) is 55.4. The second kappa shape index (κ2) is 58.6. The van der Waals surface area contributed by atoms with Crippen molar-refractivity contribution in [1.29, 1.82) is 0 Å². The number of carbonyl (C=O) groups excluding carboxylic acids is 3. The molecular weight excluding hydrogens is 877 g/mol. The highest BCUT2D eigenvalue weighted by atomic mass is 16.6. The summed E-state index contributed by atoms with van der Waals surface area (Å²) in [7, 11) is 0. The SMILES string of the molecule is CC/C=C\C/C=C\C/C=C\C/C=C\C/C=C\C/C=C\CCCCCCCCC(=O)OCC(COC(=O)CCCCCCC/C=C\CCCCC)OC(=O)CCCCCCC/C=C\C/C=C\CCCCCC. The summed E-state index contributed by atoms with van der Waals surface area (Å²) in [6.45, 7) is 6.45. The van der Waals surface area contributed by atoms with Gasteiger partial charge >= 0.3 is 17.9 Å². The zero-order chi connectivity index (χ0) is 51.4. The normalized spacial score (nSPS) is 12.9. The topological polar surface area (TPSA) is 78.9 Å². The highest BCUT2D eigenvalue weighted by Gasteiger charge is 2.19. The van der Waals surface area contributed by atoms with E-state index in [9.17, 15) is 14.4 Å². The lowest BCUT2D eigenvalue weighted by Gasteiger charge is -2.18. The summed E-state index contributed by atoms with van der Waals surface area (Å²) in [4.78, 5) is 38.1. The first-order chi connectivity index (χ1) is 35.0. The average molecular weight is 986 g/mol. The fourth-order valence-electron chi connectivity index (χ4n) is 7.82. The third-order valence-corrected chi connectivity index (χ3v) is 12.2. The zero-order valence-electron chi connectivity index (χ0n) is 46.2. The van der Waals surface area contributed by atoms with Crippen LogP contribution < -0.4 is 0 Å². The van der Waals surface area contributed by atoms with Gasteiger partial charge in [-0.15, -0.1) is 0 Å². The first-order valence-corrected chi connectivity index (χ1v) is 29.4. The van der Waals surface area contributed by atoms with Crippen LogP contribution in [0, 0.1) is 0 Å². The molecule has 0 rings (SSSR count). The van der Waals surface area contributed by atoms with Crippen molar-refractivity contribution in [3.8, 4) is 0 Å². The van der Waals surface area contributed by atoms with Crippen LogP contribution in [-0.4, -0.2) is 37.2 Å². The molecule has 0 N–H and O–H groups in total. The number of carbonyl (C=O) groups is 3. The van der Waals surface area contributed by atoms with Gasteiger partial charge in [0.05, 0.1) is 0 Å². The molecule has 6 heteroatoms. The summed E-state index contributed by atoms with van der Waals surface area (Å²) in [5.74, 6) is -0.931. The maximum Gasteiger partial charge on any atom is 0.306 e. The van der Waals surface area contributed by atoms with Crippen LogP contribution >= 0.6 is 0 Å². The minimum Gasteiger partial charge on any atom is -0.462 e. The molecule has 0 saturated heterocycles. The number of allylic oxidation sites excluding steroid dienone is 18. The standard InChI is InChI=1S/C65H108O6/c1-4-7-10-13-16-19-22-25-27-29-30-31-32-33-34-35-36-37-39-40-43-46-49-52-55-58-64(67)70-61-62(60-69-63(66)57-54-51-48-45-42-24-21-18-15-12-9-6-3)71-65(68)59-56-53-50-47-44-41-38-28-26-23-20-17-14-11-8-5-2/h7,10,16,18-21,23,25,27-28,30-31,33-34,36-38,62H,4-6,8-9,11-15,17,22,24,26,29,32,35,39-61H2,1-3H3/b10-7-,19-16-,21-18-,23-20-,27-25-,31-30-,34-33-,37-36-,38-28-. The van der Waals surface area contributed by atoms with E-state index in [1.807, 2.05) is 0 Å². The molecule has 404 valence electrons. The third kappa shape index (κ3) is 56.9. The monoisotopic (exact) mass is 985 g/mol. The van der Waals surface area contributed by atoms with Gasteiger partial charge in [-0.2, -0.15) is 0 Å². The minimum atomic E-state index is -0.797. The lowest BCUT2D eigenvalue weighted by Crippen LogP contribution is -2.30. The molecule has 0 aliphatic rings. The van der Waals surface area contributed by atoms with E-state index < -0.39 is 6.10 Å². The predicted octanol–water partition coefficient (Wildman–Crippen LogP) is 19.9.